The molecule has 0 radical (unpaired) electrons. The van der Waals surface area contributed by atoms with Crippen molar-refractivity contribution in [2.75, 3.05) is 12.4 Å². The fourth-order valence-corrected chi connectivity index (χ4v) is 6.16. The van der Waals surface area contributed by atoms with Crippen LogP contribution in [0.1, 0.15) is 37.7 Å². The van der Waals surface area contributed by atoms with E-state index in [1.54, 1.807) is 10.2 Å². The van der Waals surface area contributed by atoms with Gasteiger partial charge in [-0.1, -0.05) is 12.8 Å². The second kappa shape index (κ2) is 10.9. The van der Waals surface area contributed by atoms with Crippen molar-refractivity contribution in [1.29, 1.82) is 5.26 Å². The first kappa shape index (κ1) is 24.7. The first-order chi connectivity index (χ1) is 16.5. The maximum Gasteiger partial charge on any atom is 0.292 e. The number of nitrogens with zero attached hydrogens (tertiary/aromatic N) is 4. The van der Waals surface area contributed by atoms with Crippen LogP contribution < -0.4 is 5.32 Å². The number of ether oxygens (including phenoxy) is 1. The van der Waals surface area contributed by atoms with Gasteiger partial charge in [0, 0.05) is 53.5 Å². The predicted molar refractivity (Wildman–Crippen MR) is 135 cm³/mol. The SMILES string of the molecule is COC=O.N#Cc1cc(F)c(NC2CC3CCC2CC3)nc1-c1cn(SI)c2ncc(F)cc12. The Balaban J connectivity index is 0.000000636. The van der Waals surface area contributed by atoms with Crippen LogP contribution in [0.3, 0.4) is 0 Å². The van der Waals surface area contributed by atoms with Gasteiger partial charge >= 0.3 is 0 Å². The number of fused-ring (bicyclic) bond motifs is 4. The second-order valence-electron chi connectivity index (χ2n) is 8.39. The first-order valence-corrected chi connectivity index (χ1v) is 14.1. The third-order valence-corrected chi connectivity index (χ3v) is 8.17. The molecule has 0 amide bonds. The maximum atomic E-state index is 14.8. The molecule has 7 nitrogen and oxygen atoms in total. The highest BCUT2D eigenvalue weighted by molar-refractivity contribution is 14.2. The number of methoxy groups -OCH3 is 1. The molecule has 178 valence electrons. The summed E-state index contributed by atoms with van der Waals surface area (Å²) in [5, 5.41) is 13.5. The van der Waals surface area contributed by atoms with Crippen LogP contribution in [0.4, 0.5) is 14.6 Å². The second-order valence-corrected chi connectivity index (χ2v) is 10.1. The van der Waals surface area contributed by atoms with E-state index in [-0.39, 0.29) is 17.4 Å². The van der Waals surface area contributed by atoms with Crippen molar-refractivity contribution in [3.05, 3.63) is 41.7 Å². The van der Waals surface area contributed by atoms with Gasteiger partial charge in [-0.05, 0) is 43.2 Å². The van der Waals surface area contributed by atoms with Crippen LogP contribution in [0.5, 0.6) is 0 Å². The fourth-order valence-electron chi connectivity index (χ4n) is 4.91. The van der Waals surface area contributed by atoms with Crippen molar-refractivity contribution >= 4 is 53.6 Å². The number of anilines is 1. The Morgan fingerprint density at radius 1 is 1.32 bits per heavy atom. The summed E-state index contributed by atoms with van der Waals surface area (Å²) in [4.78, 5) is 17.7. The monoisotopic (exact) mass is 597 g/mol. The number of carbonyl (C=O) groups excluding carboxylic acids is 1. The molecule has 1 atom stereocenters. The Hall–Kier alpha value is -2.46. The van der Waals surface area contributed by atoms with Crippen LogP contribution in [-0.4, -0.2) is 33.6 Å². The van der Waals surface area contributed by atoms with Crippen LogP contribution in [0.15, 0.2) is 24.5 Å². The molecule has 3 aromatic rings. The zero-order chi connectivity index (χ0) is 24.2. The van der Waals surface area contributed by atoms with E-state index in [4.69, 9.17) is 4.79 Å². The molecule has 2 bridgehead atoms. The third-order valence-electron chi connectivity index (χ3n) is 6.47. The van der Waals surface area contributed by atoms with E-state index in [1.807, 2.05) is 6.07 Å². The van der Waals surface area contributed by atoms with Crippen molar-refractivity contribution in [1.82, 2.24) is 13.9 Å². The summed E-state index contributed by atoms with van der Waals surface area (Å²) in [6, 6.07) is 4.83. The van der Waals surface area contributed by atoms with Crippen molar-refractivity contribution in [3.8, 4) is 17.3 Å². The highest BCUT2D eigenvalue weighted by atomic mass is 127. The fraction of sp³-hybridized carbons (Fsp3) is 0.391. The quantitative estimate of drug-likeness (QED) is 0.290. The van der Waals surface area contributed by atoms with E-state index < -0.39 is 11.6 Å². The molecule has 3 aliphatic rings. The molecular formula is C23H22F2IN5O2S. The van der Waals surface area contributed by atoms with Gasteiger partial charge in [-0.2, -0.15) is 5.26 Å². The summed E-state index contributed by atoms with van der Waals surface area (Å²) in [6.07, 6.45) is 8.79. The summed E-state index contributed by atoms with van der Waals surface area (Å²) in [5.74, 6) is 0.381. The van der Waals surface area contributed by atoms with Gasteiger partial charge in [-0.25, -0.2) is 18.7 Å². The van der Waals surface area contributed by atoms with E-state index >= 15 is 0 Å². The Morgan fingerprint density at radius 2 is 2.06 bits per heavy atom. The van der Waals surface area contributed by atoms with Crippen molar-refractivity contribution in [3.63, 3.8) is 0 Å². The van der Waals surface area contributed by atoms with Crippen LogP contribution in [0.2, 0.25) is 0 Å². The summed E-state index contributed by atoms with van der Waals surface area (Å²) in [7, 11) is 2.69. The lowest BCUT2D eigenvalue weighted by molar-refractivity contribution is -0.126. The van der Waals surface area contributed by atoms with E-state index in [9.17, 15) is 14.0 Å². The van der Waals surface area contributed by atoms with Crippen LogP contribution >= 0.6 is 30.3 Å². The normalized spacial score (nSPS) is 20.9. The summed E-state index contributed by atoms with van der Waals surface area (Å²) in [5.41, 5.74) is 1.58. The molecule has 1 unspecified atom stereocenters. The average molecular weight is 597 g/mol. The van der Waals surface area contributed by atoms with Crippen molar-refractivity contribution < 1.29 is 18.3 Å². The number of pyridine rings is 2. The number of rotatable bonds is 5. The molecule has 0 aromatic carbocycles. The molecule has 0 spiro atoms. The van der Waals surface area contributed by atoms with Crippen LogP contribution in [0.25, 0.3) is 22.3 Å². The summed E-state index contributed by atoms with van der Waals surface area (Å²) >= 11 is 2.11. The highest BCUT2D eigenvalue weighted by Gasteiger charge is 2.36. The van der Waals surface area contributed by atoms with Crippen LogP contribution in [0, 0.1) is 34.8 Å². The molecule has 0 aliphatic heterocycles. The number of nitriles is 1. The minimum Gasteiger partial charge on any atom is -0.471 e. The molecule has 3 aromatic heterocycles. The summed E-state index contributed by atoms with van der Waals surface area (Å²) < 4.78 is 34.4. The van der Waals surface area contributed by atoms with E-state index in [2.05, 4.69) is 41.2 Å². The van der Waals surface area contributed by atoms with Crippen molar-refractivity contribution in [2.45, 2.75) is 38.1 Å². The van der Waals surface area contributed by atoms with Gasteiger partial charge < -0.3 is 10.1 Å². The Morgan fingerprint density at radius 3 is 2.65 bits per heavy atom. The number of carbonyl (C=O) groups is 1. The van der Waals surface area contributed by atoms with Gasteiger partial charge in [0.1, 0.15) is 11.9 Å². The van der Waals surface area contributed by atoms with Gasteiger partial charge in [0.05, 0.1) is 24.6 Å². The molecule has 11 heteroatoms. The van der Waals surface area contributed by atoms with E-state index in [0.717, 1.165) is 12.6 Å². The minimum absolute atomic E-state index is 0.116. The van der Waals surface area contributed by atoms with Gasteiger partial charge in [0.2, 0.25) is 0 Å². The minimum atomic E-state index is -0.534. The first-order valence-electron chi connectivity index (χ1n) is 10.8. The Kier molecular flexibility index (Phi) is 7.88. The van der Waals surface area contributed by atoms with E-state index in [1.165, 1.54) is 54.0 Å². The number of aromatic nitrogens is 3. The standard InChI is InChI=1S/C21H18F2IN5S.C2H4O2/c22-14-7-15-16(10-29(30-24)21(15)26-9-14)19-13(8-25)6-17(23)20(28-19)27-18-5-11-1-3-12(18)4-2-11;1-4-2-3/h6-7,9-12,18H,1-5H2,(H,27,28);2H,1H3. The highest BCUT2D eigenvalue weighted by Crippen LogP contribution is 2.43. The van der Waals surface area contributed by atoms with Crippen molar-refractivity contribution in [2.24, 2.45) is 11.8 Å². The zero-order valence-corrected chi connectivity index (χ0v) is 21.3. The molecular weight excluding hydrogens is 575 g/mol. The number of halogens is 3. The molecule has 3 aliphatic carbocycles. The Bertz CT molecular complexity index is 1240. The number of nitrogens with one attached hydrogen (secondary N) is 1. The molecule has 3 fully saturated rings. The molecule has 1 N–H and O–H groups in total. The smallest absolute Gasteiger partial charge is 0.292 e. The summed E-state index contributed by atoms with van der Waals surface area (Å²) in [6.45, 7) is 0.375. The largest absolute Gasteiger partial charge is 0.471 e. The topological polar surface area (TPSA) is 92.8 Å². The van der Waals surface area contributed by atoms with Gasteiger partial charge in [0.25, 0.3) is 6.47 Å². The van der Waals surface area contributed by atoms with Gasteiger partial charge in [0.15, 0.2) is 17.3 Å². The predicted octanol–water partition coefficient (Wildman–Crippen LogP) is 5.87. The molecule has 6 rings (SSSR count). The zero-order valence-electron chi connectivity index (χ0n) is 18.3. The lowest BCUT2D eigenvalue weighted by atomic mass is 9.68. The van der Waals surface area contributed by atoms with Gasteiger partial charge in [-0.15, -0.1) is 0 Å². The lowest BCUT2D eigenvalue weighted by Crippen LogP contribution is -2.40. The maximum absolute atomic E-state index is 14.8. The average Bonchev–Trinajstić information content (AvgIpc) is 3.23. The Labute approximate surface area is 212 Å². The third kappa shape index (κ3) is 4.98. The van der Waals surface area contributed by atoms with E-state index in [0.29, 0.717) is 40.6 Å². The molecule has 0 saturated heterocycles. The number of hydrogen-bond acceptors (Lipinski definition) is 7. The molecule has 3 saturated carbocycles. The molecule has 34 heavy (non-hydrogen) atoms. The van der Waals surface area contributed by atoms with Crippen LogP contribution in [-0.2, 0) is 9.53 Å². The lowest BCUT2D eigenvalue weighted by Gasteiger charge is -2.42. The van der Waals surface area contributed by atoms with Gasteiger partial charge in [-0.3, -0.25) is 8.77 Å². The number of hydrogen-bond donors (Lipinski definition) is 1. The molecule has 3 heterocycles.